The molecule has 1 aromatic heterocycles. The van der Waals surface area contributed by atoms with Crippen LogP contribution in [-0.4, -0.2) is 49.1 Å². The van der Waals surface area contributed by atoms with E-state index in [1.54, 1.807) is 22.6 Å². The largest absolute Gasteiger partial charge is 0.467 e. The van der Waals surface area contributed by atoms with Crippen LogP contribution in [0.25, 0.3) is 0 Å². The first-order chi connectivity index (χ1) is 15.4. The van der Waals surface area contributed by atoms with Gasteiger partial charge in [0.2, 0.25) is 0 Å². The van der Waals surface area contributed by atoms with Crippen LogP contribution in [0.2, 0.25) is 0 Å². The molecule has 33 heavy (non-hydrogen) atoms. The summed E-state index contributed by atoms with van der Waals surface area (Å²) in [5, 5.41) is 3.15. The molecular formula is C21H23F4N3O4S. The maximum atomic E-state index is 13.5. The first-order valence-corrected chi connectivity index (χ1v) is 12.0. The van der Waals surface area contributed by atoms with Crippen LogP contribution in [0.4, 0.5) is 23.4 Å². The van der Waals surface area contributed by atoms with E-state index in [0.717, 1.165) is 19.3 Å². The lowest BCUT2D eigenvalue weighted by atomic mass is 9.93. The van der Waals surface area contributed by atoms with Gasteiger partial charge in [-0.2, -0.15) is 18.3 Å². The number of hydrogen-bond acceptors (Lipinski definition) is 6. The Kier molecular flexibility index (Phi) is 5.92. The number of esters is 1. The normalized spacial score (nSPS) is 21.8. The van der Waals surface area contributed by atoms with Gasteiger partial charge in [0, 0.05) is 12.6 Å². The number of aromatic nitrogens is 2. The Morgan fingerprint density at radius 3 is 2.48 bits per heavy atom. The molecule has 2 fully saturated rings. The van der Waals surface area contributed by atoms with E-state index < -0.39 is 49.6 Å². The lowest BCUT2D eigenvalue weighted by Crippen LogP contribution is -2.39. The summed E-state index contributed by atoms with van der Waals surface area (Å²) < 4.78 is 87.3. The SMILES string of the molecule is COC(=O)[C@@H]1C[C@@H](S(=O)(=O)c2ccc(F)cc2C(F)(F)F)CN1c1cc(C)nn1C1CCC1. The third kappa shape index (κ3) is 4.20. The molecule has 2 heterocycles. The molecule has 180 valence electrons. The topological polar surface area (TPSA) is 81.5 Å². The Balaban J connectivity index is 1.75. The molecule has 1 aromatic carbocycles. The van der Waals surface area contributed by atoms with Crippen molar-refractivity contribution in [1.82, 2.24) is 9.78 Å². The highest BCUT2D eigenvalue weighted by atomic mass is 32.2. The Labute approximate surface area is 188 Å². The molecule has 0 bridgehead atoms. The highest BCUT2D eigenvalue weighted by Crippen LogP contribution is 2.41. The minimum Gasteiger partial charge on any atom is -0.467 e. The van der Waals surface area contributed by atoms with E-state index in [2.05, 4.69) is 5.10 Å². The molecule has 0 unspecified atom stereocenters. The smallest absolute Gasteiger partial charge is 0.417 e. The molecule has 12 heteroatoms. The number of alkyl halides is 3. The van der Waals surface area contributed by atoms with E-state index in [0.29, 0.717) is 23.6 Å². The standard InChI is InChI=1S/C21H23F4N3O4S/c1-12-8-19(28(26-12)14-4-3-5-14)27-11-15(10-17(27)20(29)32-2)33(30,31)18-7-6-13(22)9-16(18)21(23,24)25/h6-9,14-15,17H,3-5,10-11H2,1-2H3/t15-,17+/m1/s1. The number of carbonyl (C=O) groups is 1. The highest BCUT2D eigenvalue weighted by molar-refractivity contribution is 7.92. The van der Waals surface area contributed by atoms with E-state index in [1.165, 1.54) is 7.11 Å². The van der Waals surface area contributed by atoms with E-state index in [1.807, 2.05) is 0 Å². The van der Waals surface area contributed by atoms with Gasteiger partial charge in [-0.05, 0) is 50.8 Å². The quantitative estimate of drug-likeness (QED) is 0.362. The number of carbonyl (C=O) groups excluding carboxylic acids is 1. The van der Waals surface area contributed by atoms with Crippen LogP contribution in [0.5, 0.6) is 0 Å². The van der Waals surface area contributed by atoms with Gasteiger partial charge in [-0.3, -0.25) is 0 Å². The molecule has 4 rings (SSSR count). The molecule has 1 aliphatic carbocycles. The number of anilines is 1. The third-order valence-corrected chi connectivity index (χ3v) is 8.47. The monoisotopic (exact) mass is 489 g/mol. The van der Waals surface area contributed by atoms with Gasteiger partial charge in [0.1, 0.15) is 17.7 Å². The Morgan fingerprint density at radius 2 is 1.91 bits per heavy atom. The molecule has 1 saturated carbocycles. The molecule has 0 spiro atoms. The van der Waals surface area contributed by atoms with Crippen LogP contribution in [0.3, 0.4) is 0 Å². The van der Waals surface area contributed by atoms with Crippen molar-refractivity contribution in [3.8, 4) is 0 Å². The van der Waals surface area contributed by atoms with Crippen molar-refractivity contribution in [3.63, 3.8) is 0 Å². The minimum atomic E-state index is -5.06. The van der Waals surface area contributed by atoms with E-state index in [4.69, 9.17) is 4.74 Å². The summed E-state index contributed by atoms with van der Waals surface area (Å²) in [4.78, 5) is 13.1. The van der Waals surface area contributed by atoms with Crippen LogP contribution in [0.1, 0.15) is 43.0 Å². The number of nitrogens with zero attached hydrogens (tertiary/aromatic N) is 3. The Morgan fingerprint density at radius 1 is 1.21 bits per heavy atom. The van der Waals surface area contributed by atoms with Crippen LogP contribution in [-0.2, 0) is 25.5 Å². The van der Waals surface area contributed by atoms with Gasteiger partial charge in [-0.25, -0.2) is 22.3 Å². The van der Waals surface area contributed by atoms with Crippen molar-refractivity contribution in [1.29, 1.82) is 0 Å². The minimum absolute atomic E-state index is 0.108. The fraction of sp³-hybridized carbons (Fsp3) is 0.524. The molecule has 1 aliphatic heterocycles. The van der Waals surface area contributed by atoms with Crippen molar-refractivity contribution in [2.45, 2.75) is 61.0 Å². The first kappa shape index (κ1) is 23.5. The number of aryl methyl sites for hydroxylation is 1. The van der Waals surface area contributed by atoms with E-state index in [9.17, 15) is 30.8 Å². The lowest BCUT2D eigenvalue weighted by Gasteiger charge is -2.32. The number of halogens is 4. The number of ether oxygens (including phenoxy) is 1. The molecule has 7 nitrogen and oxygen atoms in total. The van der Waals surface area contributed by atoms with Crippen molar-refractivity contribution >= 4 is 21.6 Å². The second-order valence-electron chi connectivity index (χ2n) is 8.41. The highest BCUT2D eigenvalue weighted by Gasteiger charge is 2.48. The zero-order chi connectivity index (χ0) is 24.1. The van der Waals surface area contributed by atoms with Crippen LogP contribution >= 0.6 is 0 Å². The molecule has 1 saturated heterocycles. The number of sulfone groups is 1. The van der Waals surface area contributed by atoms with Crippen molar-refractivity contribution < 1.29 is 35.5 Å². The molecule has 0 radical (unpaired) electrons. The summed E-state index contributed by atoms with van der Waals surface area (Å²) in [5.41, 5.74) is -0.893. The van der Waals surface area contributed by atoms with Gasteiger partial charge in [-0.1, -0.05) is 0 Å². The fourth-order valence-corrected chi connectivity index (χ4v) is 6.29. The van der Waals surface area contributed by atoms with Gasteiger partial charge in [0.25, 0.3) is 0 Å². The Hall–Kier alpha value is -2.63. The van der Waals surface area contributed by atoms with E-state index in [-0.39, 0.29) is 25.1 Å². The fourth-order valence-electron chi connectivity index (χ4n) is 4.40. The predicted octanol–water partition coefficient (Wildman–Crippen LogP) is 3.67. The summed E-state index contributed by atoms with van der Waals surface area (Å²) in [6.07, 6.45) is -2.54. The predicted molar refractivity (Wildman–Crippen MR) is 110 cm³/mol. The molecule has 2 atom stereocenters. The third-order valence-electron chi connectivity index (χ3n) is 6.28. The number of methoxy groups -OCH3 is 1. The molecule has 2 aliphatic rings. The average molecular weight is 489 g/mol. The second-order valence-corrected chi connectivity index (χ2v) is 10.6. The molecule has 2 aromatic rings. The maximum Gasteiger partial charge on any atom is 0.417 e. The lowest BCUT2D eigenvalue weighted by molar-refractivity contribution is -0.142. The van der Waals surface area contributed by atoms with Gasteiger partial charge in [-0.15, -0.1) is 0 Å². The van der Waals surface area contributed by atoms with Crippen molar-refractivity contribution in [2.24, 2.45) is 0 Å². The number of rotatable bonds is 5. The summed E-state index contributed by atoms with van der Waals surface area (Å²) in [5.74, 6) is -1.36. The molecule has 0 amide bonds. The Bertz CT molecular complexity index is 1170. The number of hydrogen-bond donors (Lipinski definition) is 0. The van der Waals surface area contributed by atoms with Gasteiger partial charge in [0.05, 0.1) is 34.6 Å². The summed E-state index contributed by atoms with van der Waals surface area (Å²) >= 11 is 0. The maximum absolute atomic E-state index is 13.5. The first-order valence-electron chi connectivity index (χ1n) is 10.4. The summed E-state index contributed by atoms with van der Waals surface area (Å²) in [7, 11) is -3.40. The van der Waals surface area contributed by atoms with Gasteiger partial charge >= 0.3 is 12.1 Å². The number of benzene rings is 1. The summed E-state index contributed by atoms with van der Waals surface area (Å²) in [6.45, 7) is 1.54. The average Bonchev–Trinajstić information content (AvgIpc) is 3.29. The molecular weight excluding hydrogens is 466 g/mol. The van der Waals surface area contributed by atoms with Crippen molar-refractivity contribution in [3.05, 3.63) is 41.3 Å². The van der Waals surface area contributed by atoms with Gasteiger partial charge in [0.15, 0.2) is 9.84 Å². The molecule has 0 N–H and O–H groups in total. The van der Waals surface area contributed by atoms with Crippen molar-refractivity contribution in [2.75, 3.05) is 18.6 Å². The second kappa shape index (κ2) is 8.30. The summed E-state index contributed by atoms with van der Waals surface area (Å²) in [6, 6.07) is 2.30. The van der Waals surface area contributed by atoms with Crippen LogP contribution in [0.15, 0.2) is 29.2 Å². The zero-order valence-corrected chi connectivity index (χ0v) is 18.8. The van der Waals surface area contributed by atoms with Crippen LogP contribution < -0.4 is 4.90 Å². The van der Waals surface area contributed by atoms with E-state index >= 15 is 0 Å². The zero-order valence-electron chi connectivity index (χ0n) is 18.0. The van der Waals surface area contributed by atoms with Gasteiger partial charge < -0.3 is 9.64 Å². The van der Waals surface area contributed by atoms with Crippen LogP contribution in [0, 0.1) is 12.7 Å².